The molecule has 4 rings (SSSR count). The van der Waals surface area contributed by atoms with Crippen LogP contribution in [0.1, 0.15) is 5.56 Å². The number of pyridine rings is 1. The van der Waals surface area contributed by atoms with E-state index in [2.05, 4.69) is 14.7 Å². The molecule has 0 aliphatic heterocycles. The summed E-state index contributed by atoms with van der Waals surface area (Å²) in [6, 6.07) is 12.5. The molecule has 7 nitrogen and oxygen atoms in total. The van der Waals surface area contributed by atoms with Crippen LogP contribution in [0, 0.1) is 6.92 Å². The Morgan fingerprint density at radius 2 is 1.93 bits per heavy atom. The topological polar surface area (TPSA) is 94.3 Å². The Hall–Kier alpha value is -3.39. The number of ether oxygens (including phenoxy) is 1. The van der Waals surface area contributed by atoms with Crippen LogP contribution in [0.4, 0.5) is 5.82 Å². The molecule has 0 spiro atoms. The van der Waals surface area contributed by atoms with Crippen LogP contribution in [0.15, 0.2) is 70.6 Å². The summed E-state index contributed by atoms with van der Waals surface area (Å²) in [5.41, 5.74) is 2.64. The summed E-state index contributed by atoms with van der Waals surface area (Å²) < 4.78 is 37.9. The number of fused-ring (bicyclic) bond motifs is 1. The summed E-state index contributed by atoms with van der Waals surface area (Å²) in [4.78, 5) is 8.41. The van der Waals surface area contributed by atoms with Crippen molar-refractivity contribution in [2.24, 2.45) is 0 Å². The van der Waals surface area contributed by atoms with Crippen LogP contribution in [-0.2, 0) is 10.0 Å². The molecule has 0 bridgehead atoms. The summed E-state index contributed by atoms with van der Waals surface area (Å²) >= 11 is 0. The molecule has 0 aliphatic carbocycles. The Bertz CT molecular complexity index is 1250. The number of hydrogen-bond donors (Lipinski definition) is 1. The van der Waals surface area contributed by atoms with Crippen LogP contribution < -0.4 is 9.46 Å². The maximum Gasteiger partial charge on any atom is 0.263 e. The molecular weight excluding hydrogens is 378 g/mol. The fourth-order valence-corrected chi connectivity index (χ4v) is 4.01. The second-order valence-electron chi connectivity index (χ2n) is 6.23. The molecule has 28 heavy (non-hydrogen) atoms. The van der Waals surface area contributed by atoms with E-state index < -0.39 is 10.0 Å². The highest BCUT2D eigenvalue weighted by molar-refractivity contribution is 7.92. The van der Waals surface area contributed by atoms with Crippen molar-refractivity contribution >= 4 is 26.6 Å². The van der Waals surface area contributed by atoms with Gasteiger partial charge in [0.2, 0.25) is 0 Å². The lowest BCUT2D eigenvalue weighted by Crippen LogP contribution is -2.13. The molecule has 4 aromatic rings. The van der Waals surface area contributed by atoms with Crippen molar-refractivity contribution in [2.45, 2.75) is 11.8 Å². The number of methoxy groups -OCH3 is 1. The molecule has 8 heteroatoms. The predicted octanol–water partition coefficient (Wildman–Crippen LogP) is 4.01. The van der Waals surface area contributed by atoms with Crippen LogP contribution in [-0.4, -0.2) is 25.5 Å². The highest BCUT2D eigenvalue weighted by Crippen LogP contribution is 2.34. The Labute approximate surface area is 162 Å². The predicted molar refractivity (Wildman–Crippen MR) is 106 cm³/mol. The van der Waals surface area contributed by atoms with Crippen molar-refractivity contribution in [2.75, 3.05) is 11.8 Å². The molecule has 2 aromatic heterocycles. The fourth-order valence-electron chi connectivity index (χ4n) is 2.99. The van der Waals surface area contributed by atoms with Crippen molar-refractivity contribution in [3.05, 3.63) is 66.9 Å². The number of hydrogen-bond acceptors (Lipinski definition) is 6. The first kappa shape index (κ1) is 18.0. The first-order valence-electron chi connectivity index (χ1n) is 8.43. The average Bonchev–Trinajstić information content (AvgIpc) is 3.19. The van der Waals surface area contributed by atoms with Gasteiger partial charge in [0.25, 0.3) is 10.0 Å². The molecule has 0 atom stereocenters. The van der Waals surface area contributed by atoms with Crippen molar-refractivity contribution in [1.82, 2.24) is 9.97 Å². The zero-order valence-electron chi connectivity index (χ0n) is 15.2. The third-order valence-electron chi connectivity index (χ3n) is 4.33. The third-order valence-corrected chi connectivity index (χ3v) is 5.68. The maximum absolute atomic E-state index is 12.6. The van der Waals surface area contributed by atoms with E-state index in [4.69, 9.17) is 9.15 Å². The number of oxazole rings is 1. The smallest absolute Gasteiger partial charge is 0.263 e. The second kappa shape index (κ2) is 6.97. The minimum Gasteiger partial charge on any atom is -0.496 e. The van der Waals surface area contributed by atoms with Crippen molar-refractivity contribution < 1.29 is 17.6 Å². The monoisotopic (exact) mass is 395 g/mol. The highest BCUT2D eigenvalue weighted by Gasteiger charge is 2.18. The van der Waals surface area contributed by atoms with Crippen LogP contribution >= 0.6 is 0 Å². The van der Waals surface area contributed by atoms with Gasteiger partial charge in [0.15, 0.2) is 12.2 Å². The van der Waals surface area contributed by atoms with E-state index in [1.807, 2.05) is 25.1 Å². The molecule has 0 radical (unpaired) electrons. The molecule has 142 valence electrons. The molecule has 2 aromatic carbocycles. The van der Waals surface area contributed by atoms with E-state index in [0.717, 1.165) is 34.0 Å². The van der Waals surface area contributed by atoms with Gasteiger partial charge in [-0.05, 0) is 48.2 Å². The van der Waals surface area contributed by atoms with Gasteiger partial charge in [-0.2, -0.15) is 4.98 Å². The Morgan fingerprint density at radius 3 is 2.68 bits per heavy atom. The lowest BCUT2D eigenvalue weighted by atomic mass is 10.0. The fraction of sp³-hybridized carbons (Fsp3) is 0.100. The van der Waals surface area contributed by atoms with E-state index in [1.165, 1.54) is 12.3 Å². The highest BCUT2D eigenvalue weighted by atomic mass is 32.2. The molecule has 0 fully saturated rings. The largest absolute Gasteiger partial charge is 0.496 e. The lowest BCUT2D eigenvalue weighted by Gasteiger charge is -2.12. The van der Waals surface area contributed by atoms with Crippen molar-refractivity contribution in [3.63, 3.8) is 0 Å². The van der Waals surface area contributed by atoms with E-state index in [1.54, 1.807) is 31.5 Å². The van der Waals surface area contributed by atoms with E-state index in [0.29, 0.717) is 5.75 Å². The number of aromatic nitrogens is 2. The van der Waals surface area contributed by atoms with E-state index >= 15 is 0 Å². The van der Waals surface area contributed by atoms with Gasteiger partial charge in [-0.1, -0.05) is 12.1 Å². The minimum absolute atomic E-state index is 0.121. The molecule has 0 saturated heterocycles. The van der Waals surface area contributed by atoms with Crippen LogP contribution in [0.25, 0.3) is 22.0 Å². The van der Waals surface area contributed by atoms with Crippen molar-refractivity contribution in [1.29, 1.82) is 0 Å². The van der Waals surface area contributed by atoms with Crippen LogP contribution in [0.5, 0.6) is 5.75 Å². The summed E-state index contributed by atoms with van der Waals surface area (Å²) in [5, 5.41) is 1.57. The van der Waals surface area contributed by atoms with Crippen molar-refractivity contribution in [3.8, 4) is 17.0 Å². The Balaban J connectivity index is 1.81. The normalized spacial score (nSPS) is 11.5. The van der Waals surface area contributed by atoms with Gasteiger partial charge in [0.1, 0.15) is 12.0 Å². The number of nitrogens with zero attached hydrogens (tertiary/aromatic N) is 2. The lowest BCUT2D eigenvalue weighted by molar-refractivity contribution is 0.416. The third kappa shape index (κ3) is 3.29. The Morgan fingerprint density at radius 1 is 1.07 bits per heavy atom. The first-order chi connectivity index (χ1) is 13.5. The summed E-state index contributed by atoms with van der Waals surface area (Å²) in [5.74, 6) is 0.837. The number of aryl methyl sites for hydroxylation is 1. The Kier molecular flexibility index (Phi) is 4.48. The van der Waals surface area contributed by atoms with E-state index in [9.17, 15) is 8.42 Å². The number of sulfonamides is 1. The van der Waals surface area contributed by atoms with Gasteiger partial charge < -0.3 is 9.15 Å². The summed E-state index contributed by atoms with van der Waals surface area (Å²) in [6.07, 6.45) is 4.04. The molecule has 0 amide bonds. The maximum atomic E-state index is 12.6. The quantitative estimate of drug-likeness (QED) is 0.549. The molecule has 0 aliphatic rings. The SMILES string of the molecule is COc1cc(C)ccc1-c1nccc2cc(S(=O)(=O)Nc3cocn3)ccc12. The van der Waals surface area contributed by atoms with Gasteiger partial charge >= 0.3 is 0 Å². The van der Waals surface area contributed by atoms with Crippen LogP contribution in [0.2, 0.25) is 0 Å². The van der Waals surface area contributed by atoms with Gasteiger partial charge in [-0.25, -0.2) is 8.42 Å². The molecule has 0 saturated carbocycles. The summed E-state index contributed by atoms with van der Waals surface area (Å²) in [6.45, 7) is 1.99. The average molecular weight is 395 g/mol. The van der Waals surface area contributed by atoms with Gasteiger partial charge in [0, 0.05) is 17.1 Å². The van der Waals surface area contributed by atoms with Crippen LogP contribution in [0.3, 0.4) is 0 Å². The summed E-state index contributed by atoms with van der Waals surface area (Å²) in [7, 11) is -2.17. The minimum atomic E-state index is -3.79. The number of anilines is 1. The first-order valence-corrected chi connectivity index (χ1v) is 9.91. The standard InChI is InChI=1S/C20H17N3O4S/c1-13-3-5-17(18(9-13)26-2)20-16-6-4-15(10-14(16)7-8-21-20)28(24,25)23-19-11-27-12-22-19/h3-12,23H,1-2H3. The molecule has 2 heterocycles. The molecule has 1 N–H and O–H groups in total. The molecular formula is C20H17N3O4S. The van der Waals surface area contributed by atoms with E-state index in [-0.39, 0.29) is 10.7 Å². The van der Waals surface area contributed by atoms with Gasteiger partial charge in [-0.15, -0.1) is 0 Å². The van der Waals surface area contributed by atoms with Gasteiger partial charge in [-0.3, -0.25) is 9.71 Å². The zero-order valence-corrected chi connectivity index (χ0v) is 16.0. The zero-order chi connectivity index (χ0) is 19.7. The number of rotatable bonds is 5. The van der Waals surface area contributed by atoms with Gasteiger partial charge in [0.05, 0.1) is 17.7 Å². The molecule has 0 unspecified atom stereocenters. The second-order valence-corrected chi connectivity index (χ2v) is 7.91. The number of nitrogens with one attached hydrogen (secondary N) is 1. The number of benzene rings is 2.